The number of hydrogen-bond acceptors (Lipinski definition) is 5. The van der Waals surface area contributed by atoms with E-state index in [-0.39, 0.29) is 4.75 Å². The van der Waals surface area contributed by atoms with Crippen molar-refractivity contribution in [3.63, 3.8) is 0 Å². The summed E-state index contributed by atoms with van der Waals surface area (Å²) in [6, 6.07) is 1.74. The quantitative estimate of drug-likeness (QED) is 0.804. The smallest absolute Gasteiger partial charge is 0.241 e. The zero-order valence-corrected chi connectivity index (χ0v) is 13.0. The number of hydrogen-bond donors (Lipinski definition) is 2. The Hall–Kier alpha value is -0.0800. The zero-order valence-electron chi connectivity index (χ0n) is 10.5. The van der Waals surface area contributed by atoms with Crippen LogP contribution >= 0.6 is 23.1 Å². The first-order chi connectivity index (χ1) is 8.51. The summed E-state index contributed by atoms with van der Waals surface area (Å²) in [4.78, 5) is 1.42. The van der Waals surface area contributed by atoms with Gasteiger partial charge < -0.3 is 5.32 Å². The number of sulfonamides is 1. The molecular formula is C11H18N2O2S3. The molecule has 0 amide bonds. The fourth-order valence-electron chi connectivity index (χ4n) is 1.67. The summed E-state index contributed by atoms with van der Waals surface area (Å²) < 4.78 is 27.1. The van der Waals surface area contributed by atoms with E-state index in [0.717, 1.165) is 17.7 Å². The second-order valence-corrected chi connectivity index (χ2v) is 8.53. The van der Waals surface area contributed by atoms with E-state index in [1.54, 1.807) is 23.2 Å². The van der Waals surface area contributed by atoms with Gasteiger partial charge in [0.15, 0.2) is 0 Å². The molecule has 0 spiro atoms. The predicted molar refractivity (Wildman–Crippen MR) is 77.8 cm³/mol. The molecule has 1 aromatic rings. The summed E-state index contributed by atoms with van der Waals surface area (Å²) in [5.41, 5.74) is 0. The van der Waals surface area contributed by atoms with Crippen LogP contribution in [0.4, 0.5) is 0 Å². The summed E-state index contributed by atoms with van der Waals surface area (Å²) in [5, 5.41) is 4.72. The molecule has 0 unspecified atom stereocenters. The molecule has 0 atom stereocenters. The summed E-state index contributed by atoms with van der Waals surface area (Å²) >= 11 is 3.22. The van der Waals surface area contributed by atoms with Crippen molar-refractivity contribution < 1.29 is 8.42 Å². The van der Waals surface area contributed by atoms with Gasteiger partial charge in [0, 0.05) is 28.1 Å². The van der Waals surface area contributed by atoms with Gasteiger partial charge in [-0.2, -0.15) is 11.8 Å². The van der Waals surface area contributed by atoms with Crippen LogP contribution in [0.1, 0.15) is 17.7 Å². The van der Waals surface area contributed by atoms with Crippen molar-refractivity contribution in [2.24, 2.45) is 0 Å². The first-order valence-electron chi connectivity index (χ1n) is 5.78. The molecule has 7 heteroatoms. The molecule has 18 heavy (non-hydrogen) atoms. The van der Waals surface area contributed by atoms with Gasteiger partial charge in [-0.15, -0.1) is 11.3 Å². The van der Waals surface area contributed by atoms with Crippen LogP contribution in [0, 0.1) is 0 Å². The third-order valence-electron chi connectivity index (χ3n) is 3.12. The monoisotopic (exact) mass is 306 g/mol. The lowest BCUT2D eigenvalue weighted by atomic mass is 10.4. The maximum Gasteiger partial charge on any atom is 0.241 e. The van der Waals surface area contributed by atoms with E-state index in [4.69, 9.17) is 0 Å². The average Bonchev–Trinajstić information content (AvgIpc) is 2.98. The molecule has 0 radical (unpaired) electrons. The van der Waals surface area contributed by atoms with Crippen LogP contribution in [0.2, 0.25) is 0 Å². The average molecular weight is 306 g/mol. The Kier molecular flexibility index (Phi) is 4.38. The van der Waals surface area contributed by atoms with Gasteiger partial charge in [0.05, 0.1) is 4.90 Å². The highest BCUT2D eigenvalue weighted by atomic mass is 32.2. The molecule has 0 aromatic carbocycles. The number of thioether (sulfide) groups is 1. The van der Waals surface area contributed by atoms with E-state index in [9.17, 15) is 8.42 Å². The molecule has 0 saturated heterocycles. The van der Waals surface area contributed by atoms with Crippen molar-refractivity contribution in [1.29, 1.82) is 0 Å². The number of rotatable bonds is 7. The third-order valence-corrected chi connectivity index (χ3v) is 7.00. The van der Waals surface area contributed by atoms with Crippen molar-refractivity contribution in [3.8, 4) is 0 Å². The normalized spacial score (nSPS) is 17.9. The van der Waals surface area contributed by atoms with Crippen molar-refractivity contribution >= 4 is 33.1 Å². The Balaban J connectivity index is 2.01. The Bertz CT molecular complexity index is 506. The molecule has 0 aliphatic heterocycles. The summed E-state index contributed by atoms with van der Waals surface area (Å²) in [5.74, 6) is 0. The van der Waals surface area contributed by atoms with E-state index < -0.39 is 10.0 Å². The van der Waals surface area contributed by atoms with Crippen molar-refractivity contribution in [2.75, 3.05) is 19.8 Å². The Morgan fingerprint density at radius 2 is 2.22 bits per heavy atom. The van der Waals surface area contributed by atoms with Crippen LogP contribution in [0.25, 0.3) is 0 Å². The second-order valence-electron chi connectivity index (χ2n) is 4.49. The van der Waals surface area contributed by atoms with Gasteiger partial charge in [-0.25, -0.2) is 13.1 Å². The molecule has 1 aliphatic carbocycles. The van der Waals surface area contributed by atoms with Crippen molar-refractivity contribution in [3.05, 3.63) is 16.3 Å². The van der Waals surface area contributed by atoms with E-state index in [1.807, 2.05) is 13.3 Å². The molecule has 1 aliphatic rings. The third kappa shape index (κ3) is 3.27. The van der Waals surface area contributed by atoms with Crippen LogP contribution in [-0.4, -0.2) is 33.0 Å². The molecule has 2 N–H and O–H groups in total. The Labute approximate surface area is 117 Å². The van der Waals surface area contributed by atoms with Gasteiger partial charge in [0.2, 0.25) is 10.0 Å². The molecule has 1 fully saturated rings. The molecule has 1 saturated carbocycles. The van der Waals surface area contributed by atoms with Crippen molar-refractivity contribution in [2.45, 2.75) is 29.0 Å². The zero-order chi connectivity index (χ0) is 13.2. The number of thiophene rings is 1. The predicted octanol–water partition coefficient (Wildman–Crippen LogP) is 1.64. The highest BCUT2D eigenvalue weighted by Crippen LogP contribution is 2.46. The Morgan fingerprint density at radius 3 is 2.78 bits per heavy atom. The molecule has 1 heterocycles. The SMILES string of the molecule is CNCc1cc(S(=O)(=O)NCC2(SC)CC2)cs1. The van der Waals surface area contributed by atoms with Crippen LogP contribution < -0.4 is 10.0 Å². The van der Waals surface area contributed by atoms with Crippen LogP contribution in [0.15, 0.2) is 16.3 Å². The van der Waals surface area contributed by atoms with E-state index >= 15 is 0 Å². The van der Waals surface area contributed by atoms with Gasteiger partial charge in [-0.05, 0) is 32.2 Å². The standard InChI is InChI=1S/C11H18N2O2S3/c1-12-6-9-5-10(7-17-9)18(14,15)13-8-11(16-2)3-4-11/h5,7,12-13H,3-4,6,8H2,1-2H3. The molecule has 2 rings (SSSR count). The van der Waals surface area contributed by atoms with E-state index in [2.05, 4.69) is 10.0 Å². The van der Waals surface area contributed by atoms with Gasteiger partial charge in [-0.1, -0.05) is 0 Å². The lowest BCUT2D eigenvalue weighted by Crippen LogP contribution is -2.31. The van der Waals surface area contributed by atoms with Crippen LogP contribution in [-0.2, 0) is 16.6 Å². The largest absolute Gasteiger partial charge is 0.315 e. The molecular weight excluding hydrogens is 288 g/mol. The minimum absolute atomic E-state index is 0.150. The summed E-state index contributed by atoms with van der Waals surface area (Å²) in [6.45, 7) is 1.24. The van der Waals surface area contributed by atoms with Gasteiger partial charge in [0.1, 0.15) is 0 Å². The lowest BCUT2D eigenvalue weighted by Gasteiger charge is -2.12. The van der Waals surface area contributed by atoms with E-state index in [1.165, 1.54) is 11.3 Å². The summed E-state index contributed by atoms with van der Waals surface area (Å²) in [6.07, 6.45) is 4.24. The highest BCUT2D eigenvalue weighted by molar-refractivity contribution is 8.00. The highest BCUT2D eigenvalue weighted by Gasteiger charge is 2.42. The molecule has 4 nitrogen and oxygen atoms in total. The molecule has 0 bridgehead atoms. The molecule has 102 valence electrons. The van der Waals surface area contributed by atoms with Gasteiger partial charge in [0.25, 0.3) is 0 Å². The first kappa shape index (κ1) is 14.3. The van der Waals surface area contributed by atoms with E-state index in [0.29, 0.717) is 18.0 Å². The van der Waals surface area contributed by atoms with Crippen LogP contribution in [0.3, 0.4) is 0 Å². The fourth-order valence-corrected chi connectivity index (χ4v) is 4.90. The molecule has 1 aromatic heterocycles. The summed E-state index contributed by atoms with van der Waals surface area (Å²) in [7, 11) is -1.49. The fraction of sp³-hybridized carbons (Fsp3) is 0.636. The maximum absolute atomic E-state index is 12.1. The Morgan fingerprint density at radius 1 is 1.50 bits per heavy atom. The van der Waals surface area contributed by atoms with Gasteiger partial charge in [-0.3, -0.25) is 0 Å². The maximum atomic E-state index is 12.1. The van der Waals surface area contributed by atoms with Gasteiger partial charge >= 0.3 is 0 Å². The van der Waals surface area contributed by atoms with Crippen molar-refractivity contribution in [1.82, 2.24) is 10.0 Å². The minimum atomic E-state index is -3.34. The lowest BCUT2D eigenvalue weighted by molar-refractivity contribution is 0.580. The minimum Gasteiger partial charge on any atom is -0.315 e. The van der Waals surface area contributed by atoms with Crippen LogP contribution in [0.5, 0.6) is 0 Å². The number of nitrogens with one attached hydrogen (secondary N) is 2. The second kappa shape index (κ2) is 5.50. The first-order valence-corrected chi connectivity index (χ1v) is 9.37. The topological polar surface area (TPSA) is 58.2 Å².